The number of benzene rings is 2. The fourth-order valence-electron chi connectivity index (χ4n) is 3.77. The van der Waals surface area contributed by atoms with Crippen LogP contribution in [0.4, 0.5) is 4.39 Å². The number of aliphatic carboxylic acids is 1. The molecule has 2 heterocycles. The molecule has 0 bridgehead atoms. The van der Waals surface area contributed by atoms with Gasteiger partial charge >= 0.3 is 5.97 Å². The first-order chi connectivity index (χ1) is 14.6. The van der Waals surface area contributed by atoms with Gasteiger partial charge in [0.25, 0.3) is 0 Å². The Bertz CT molecular complexity index is 884. The lowest BCUT2D eigenvalue weighted by Crippen LogP contribution is -2.57. The van der Waals surface area contributed by atoms with E-state index in [2.05, 4.69) is 4.90 Å². The highest BCUT2D eigenvalue weighted by Gasteiger charge is 2.38. The number of nitrogens with zero attached hydrogens (tertiary/aromatic N) is 1. The number of rotatable bonds is 9. The van der Waals surface area contributed by atoms with Gasteiger partial charge in [-0.3, -0.25) is 9.69 Å². The van der Waals surface area contributed by atoms with E-state index >= 15 is 0 Å². The predicted octanol–water partition coefficient (Wildman–Crippen LogP) is 3.38. The molecule has 6 nitrogen and oxygen atoms in total. The highest BCUT2D eigenvalue weighted by molar-refractivity contribution is 5.71. The van der Waals surface area contributed by atoms with E-state index in [1.807, 2.05) is 18.2 Å². The molecular formula is C23H26FNO5. The minimum absolute atomic E-state index is 0.234. The summed E-state index contributed by atoms with van der Waals surface area (Å²) >= 11 is 0. The molecule has 0 aromatic heterocycles. The van der Waals surface area contributed by atoms with Crippen LogP contribution < -0.4 is 14.2 Å². The summed E-state index contributed by atoms with van der Waals surface area (Å²) in [6.45, 7) is 2.85. The molecule has 4 rings (SSSR count). The first-order valence-electron chi connectivity index (χ1n) is 10.3. The van der Waals surface area contributed by atoms with Gasteiger partial charge in [0, 0.05) is 31.3 Å². The Labute approximate surface area is 175 Å². The van der Waals surface area contributed by atoms with Gasteiger partial charge in [0.2, 0.25) is 0 Å². The number of hydrogen-bond acceptors (Lipinski definition) is 5. The van der Waals surface area contributed by atoms with Gasteiger partial charge in [-0.25, -0.2) is 4.39 Å². The van der Waals surface area contributed by atoms with E-state index < -0.39 is 5.97 Å². The molecule has 0 aliphatic carbocycles. The van der Waals surface area contributed by atoms with Gasteiger partial charge in [0.1, 0.15) is 29.7 Å². The van der Waals surface area contributed by atoms with Crippen LogP contribution in [0, 0.1) is 11.7 Å². The molecule has 7 heteroatoms. The van der Waals surface area contributed by atoms with Crippen LogP contribution >= 0.6 is 0 Å². The maximum atomic E-state index is 13.1. The SMILES string of the molecule is O=C(O)C1CN(C2COc3cc(OCCCCOc4cccc(F)c4)ccc3C2)C1. The van der Waals surface area contributed by atoms with Crippen LogP contribution in [0.2, 0.25) is 0 Å². The third-order valence-electron chi connectivity index (χ3n) is 5.57. The standard InChI is InChI=1S/C23H26FNO5/c24-18-4-3-5-20(11-18)28-8-1-2-9-29-21-7-6-16-10-19(15-30-22(16)12-21)25-13-17(14-25)23(26)27/h3-7,11-12,17,19H,1-2,8-10,13-15H2,(H,26,27). The Hall–Kier alpha value is -2.80. The summed E-state index contributed by atoms with van der Waals surface area (Å²) in [5, 5.41) is 9.03. The van der Waals surface area contributed by atoms with Crippen LogP contribution in [-0.4, -0.2) is 54.9 Å². The molecule has 1 atom stereocenters. The predicted molar refractivity (Wildman–Crippen MR) is 109 cm³/mol. The summed E-state index contributed by atoms with van der Waals surface area (Å²) in [7, 11) is 0. The zero-order chi connectivity index (χ0) is 20.9. The fraction of sp³-hybridized carbons (Fsp3) is 0.435. The monoisotopic (exact) mass is 415 g/mol. The molecule has 1 fully saturated rings. The zero-order valence-corrected chi connectivity index (χ0v) is 16.8. The summed E-state index contributed by atoms with van der Waals surface area (Å²) in [4.78, 5) is 13.2. The number of halogens is 1. The van der Waals surface area contributed by atoms with Crippen molar-refractivity contribution in [2.24, 2.45) is 5.92 Å². The first-order valence-corrected chi connectivity index (χ1v) is 10.3. The van der Waals surface area contributed by atoms with Crippen molar-refractivity contribution in [3.8, 4) is 17.2 Å². The smallest absolute Gasteiger partial charge is 0.309 e. The van der Waals surface area contributed by atoms with Gasteiger partial charge in [-0.2, -0.15) is 0 Å². The van der Waals surface area contributed by atoms with Crippen molar-refractivity contribution in [3.63, 3.8) is 0 Å². The molecule has 2 aromatic carbocycles. The van der Waals surface area contributed by atoms with Gasteiger partial charge in [0.05, 0.1) is 19.1 Å². The maximum Gasteiger partial charge on any atom is 0.309 e. The van der Waals surface area contributed by atoms with Crippen LogP contribution in [0.15, 0.2) is 42.5 Å². The van der Waals surface area contributed by atoms with Gasteiger partial charge in [-0.05, 0) is 43.0 Å². The molecule has 1 N–H and O–H groups in total. The van der Waals surface area contributed by atoms with Gasteiger partial charge in [-0.15, -0.1) is 0 Å². The van der Waals surface area contributed by atoms with E-state index in [1.54, 1.807) is 12.1 Å². The quantitative estimate of drug-likeness (QED) is 0.634. The van der Waals surface area contributed by atoms with Crippen molar-refractivity contribution in [3.05, 3.63) is 53.8 Å². The van der Waals surface area contributed by atoms with E-state index in [0.717, 1.165) is 36.3 Å². The van der Waals surface area contributed by atoms with E-state index in [9.17, 15) is 9.18 Å². The minimum Gasteiger partial charge on any atom is -0.493 e. The van der Waals surface area contributed by atoms with Crippen molar-refractivity contribution in [1.29, 1.82) is 0 Å². The van der Waals surface area contributed by atoms with Gasteiger partial charge in [0.15, 0.2) is 0 Å². The number of carboxylic acids is 1. The summed E-state index contributed by atoms with van der Waals surface area (Å²) in [6.07, 6.45) is 2.50. The van der Waals surface area contributed by atoms with E-state index in [1.165, 1.54) is 12.1 Å². The lowest BCUT2D eigenvalue weighted by atomic mass is 9.93. The highest BCUT2D eigenvalue weighted by atomic mass is 19.1. The summed E-state index contributed by atoms with van der Waals surface area (Å²) in [5.74, 6) is 0.887. The third kappa shape index (κ3) is 5.02. The van der Waals surface area contributed by atoms with E-state index in [4.69, 9.17) is 19.3 Å². The minimum atomic E-state index is -0.717. The number of likely N-dealkylation sites (tertiary alicyclic amines) is 1. The molecule has 2 aliphatic rings. The Kier molecular flexibility index (Phi) is 6.38. The van der Waals surface area contributed by atoms with Crippen LogP contribution in [-0.2, 0) is 11.2 Å². The molecule has 0 saturated carbocycles. The Morgan fingerprint density at radius 1 is 1.10 bits per heavy atom. The average Bonchev–Trinajstić information content (AvgIpc) is 2.69. The third-order valence-corrected chi connectivity index (χ3v) is 5.57. The molecule has 0 amide bonds. The second kappa shape index (κ2) is 9.34. The molecule has 0 radical (unpaired) electrons. The molecule has 0 spiro atoms. The topological polar surface area (TPSA) is 68.2 Å². The molecule has 2 aromatic rings. The van der Waals surface area contributed by atoms with Gasteiger partial charge < -0.3 is 19.3 Å². The number of hydrogen-bond donors (Lipinski definition) is 1. The number of carboxylic acid groups (broad SMARTS) is 1. The average molecular weight is 415 g/mol. The Balaban J connectivity index is 1.17. The van der Waals surface area contributed by atoms with Crippen molar-refractivity contribution in [1.82, 2.24) is 4.90 Å². The molecule has 2 aliphatic heterocycles. The normalized spacial score (nSPS) is 18.8. The molecule has 1 saturated heterocycles. The second-order valence-electron chi connectivity index (χ2n) is 7.79. The van der Waals surface area contributed by atoms with Crippen molar-refractivity contribution < 1.29 is 28.5 Å². The van der Waals surface area contributed by atoms with Crippen molar-refractivity contribution in [2.45, 2.75) is 25.3 Å². The number of unbranched alkanes of at least 4 members (excludes halogenated alkanes) is 1. The van der Waals surface area contributed by atoms with Crippen molar-refractivity contribution >= 4 is 5.97 Å². The molecule has 160 valence electrons. The largest absolute Gasteiger partial charge is 0.493 e. The molecule has 1 unspecified atom stereocenters. The zero-order valence-electron chi connectivity index (χ0n) is 16.8. The van der Waals surface area contributed by atoms with Crippen LogP contribution in [0.1, 0.15) is 18.4 Å². The lowest BCUT2D eigenvalue weighted by Gasteiger charge is -2.43. The van der Waals surface area contributed by atoms with E-state index in [-0.39, 0.29) is 17.8 Å². The summed E-state index contributed by atoms with van der Waals surface area (Å²) < 4.78 is 30.4. The number of carbonyl (C=O) groups is 1. The molecule has 30 heavy (non-hydrogen) atoms. The lowest BCUT2D eigenvalue weighted by molar-refractivity contribution is -0.149. The second-order valence-corrected chi connectivity index (χ2v) is 7.79. The Morgan fingerprint density at radius 2 is 1.83 bits per heavy atom. The maximum absolute atomic E-state index is 13.1. The number of ether oxygens (including phenoxy) is 3. The first kappa shape index (κ1) is 20.5. The number of fused-ring (bicyclic) bond motifs is 1. The van der Waals surface area contributed by atoms with Gasteiger partial charge in [-0.1, -0.05) is 12.1 Å². The van der Waals surface area contributed by atoms with E-state index in [0.29, 0.717) is 38.7 Å². The van der Waals surface area contributed by atoms with Crippen LogP contribution in [0.25, 0.3) is 0 Å². The highest BCUT2D eigenvalue weighted by Crippen LogP contribution is 2.32. The van der Waals surface area contributed by atoms with Crippen LogP contribution in [0.5, 0.6) is 17.2 Å². The fourth-order valence-corrected chi connectivity index (χ4v) is 3.77. The summed E-state index contributed by atoms with van der Waals surface area (Å²) in [5.41, 5.74) is 1.13. The van der Waals surface area contributed by atoms with Crippen LogP contribution in [0.3, 0.4) is 0 Å². The molecular weight excluding hydrogens is 389 g/mol. The summed E-state index contributed by atoms with van der Waals surface area (Å²) in [6, 6.07) is 12.3. The Morgan fingerprint density at radius 3 is 2.53 bits per heavy atom. The van der Waals surface area contributed by atoms with Crippen molar-refractivity contribution in [2.75, 3.05) is 32.9 Å².